The topological polar surface area (TPSA) is 54.5 Å². The van der Waals surface area contributed by atoms with Gasteiger partial charge in [-0.3, -0.25) is 4.79 Å². The first-order valence-corrected chi connectivity index (χ1v) is 9.80. The number of nitrogens with one attached hydrogen (secondary N) is 1. The number of rotatable bonds is 7. The number of morpholine rings is 1. The summed E-state index contributed by atoms with van der Waals surface area (Å²) < 4.78 is 5.56. The number of hydrogen-bond donors (Lipinski definition) is 1. The normalized spacial score (nSPS) is 17.0. The van der Waals surface area contributed by atoms with Gasteiger partial charge in [0.1, 0.15) is 5.82 Å². The molecule has 1 aliphatic heterocycles. The Balaban J connectivity index is 1.38. The minimum absolute atomic E-state index is 0.0649. The molecule has 5 nitrogen and oxygen atoms in total. The number of benzene rings is 1. The van der Waals surface area contributed by atoms with Crippen LogP contribution in [0.2, 0.25) is 5.02 Å². The van der Waals surface area contributed by atoms with Gasteiger partial charge in [-0.05, 0) is 49.1 Å². The van der Waals surface area contributed by atoms with Crippen molar-refractivity contribution >= 4 is 23.3 Å². The highest BCUT2D eigenvalue weighted by Crippen LogP contribution is 2.15. The first-order chi connectivity index (χ1) is 13.1. The molecule has 2 heterocycles. The van der Waals surface area contributed by atoms with E-state index < -0.39 is 0 Å². The average molecular weight is 388 g/mol. The lowest BCUT2D eigenvalue weighted by molar-refractivity contribution is -0.121. The summed E-state index contributed by atoms with van der Waals surface area (Å²) in [6.07, 6.45) is 4.27. The van der Waals surface area contributed by atoms with Gasteiger partial charge >= 0.3 is 0 Å². The second-order valence-electron chi connectivity index (χ2n) is 6.91. The van der Waals surface area contributed by atoms with Crippen molar-refractivity contribution in [2.24, 2.45) is 0 Å². The van der Waals surface area contributed by atoms with Crippen molar-refractivity contribution < 1.29 is 9.53 Å². The Kier molecular flexibility index (Phi) is 7.07. The van der Waals surface area contributed by atoms with Gasteiger partial charge in [-0.1, -0.05) is 29.8 Å². The number of nitrogens with zero attached hydrogens (tertiary/aromatic N) is 2. The van der Waals surface area contributed by atoms with Crippen LogP contribution in [0.15, 0.2) is 42.6 Å². The van der Waals surface area contributed by atoms with E-state index in [0.29, 0.717) is 13.0 Å². The number of aryl methyl sites for hydroxylation is 1. The number of ether oxygens (including phenoxy) is 1. The molecule has 1 amide bonds. The summed E-state index contributed by atoms with van der Waals surface area (Å²) in [7, 11) is 0. The Morgan fingerprint density at radius 2 is 2.04 bits per heavy atom. The number of halogens is 1. The number of aromatic nitrogens is 1. The maximum Gasteiger partial charge on any atom is 0.220 e. The number of hydrogen-bond acceptors (Lipinski definition) is 4. The lowest BCUT2D eigenvalue weighted by Gasteiger charge is -2.32. The maximum absolute atomic E-state index is 12.0. The molecule has 0 radical (unpaired) electrons. The van der Waals surface area contributed by atoms with Crippen molar-refractivity contribution in [3.63, 3.8) is 0 Å². The summed E-state index contributed by atoms with van der Waals surface area (Å²) in [5.74, 6) is 1.03. The third-order valence-corrected chi connectivity index (χ3v) is 4.90. The number of anilines is 1. The van der Waals surface area contributed by atoms with Crippen LogP contribution in [0, 0.1) is 0 Å². The molecule has 3 rings (SSSR count). The van der Waals surface area contributed by atoms with Gasteiger partial charge in [-0.25, -0.2) is 4.98 Å². The number of amides is 1. The minimum Gasteiger partial charge on any atom is -0.375 e. The molecular weight excluding hydrogens is 362 g/mol. The molecule has 1 fully saturated rings. The zero-order chi connectivity index (χ0) is 19.1. The van der Waals surface area contributed by atoms with Crippen LogP contribution in [0.1, 0.15) is 30.9 Å². The molecule has 1 atom stereocenters. The second kappa shape index (κ2) is 9.72. The summed E-state index contributed by atoms with van der Waals surface area (Å²) in [5.41, 5.74) is 2.20. The van der Waals surface area contributed by atoms with Gasteiger partial charge in [-0.2, -0.15) is 0 Å². The van der Waals surface area contributed by atoms with E-state index in [-0.39, 0.29) is 12.0 Å². The molecule has 1 aromatic heterocycles. The molecule has 1 saturated heterocycles. The minimum atomic E-state index is 0.0649. The van der Waals surface area contributed by atoms with Crippen LogP contribution in [-0.2, 0) is 22.5 Å². The Labute approximate surface area is 165 Å². The van der Waals surface area contributed by atoms with Gasteiger partial charge in [0.15, 0.2) is 0 Å². The Morgan fingerprint density at radius 3 is 2.74 bits per heavy atom. The van der Waals surface area contributed by atoms with E-state index in [4.69, 9.17) is 16.3 Å². The smallest absolute Gasteiger partial charge is 0.220 e. The van der Waals surface area contributed by atoms with Gasteiger partial charge in [0.2, 0.25) is 5.91 Å². The van der Waals surface area contributed by atoms with Gasteiger partial charge < -0.3 is 15.0 Å². The summed E-state index contributed by atoms with van der Waals surface area (Å²) in [4.78, 5) is 18.8. The average Bonchev–Trinajstić information content (AvgIpc) is 2.68. The van der Waals surface area contributed by atoms with Gasteiger partial charge in [0.25, 0.3) is 0 Å². The van der Waals surface area contributed by atoms with Crippen molar-refractivity contribution in [1.29, 1.82) is 0 Å². The van der Waals surface area contributed by atoms with E-state index in [1.165, 1.54) is 5.56 Å². The van der Waals surface area contributed by atoms with E-state index in [1.807, 2.05) is 42.6 Å². The number of carbonyl (C=O) groups is 1. The highest BCUT2D eigenvalue weighted by atomic mass is 35.5. The molecule has 0 spiro atoms. The zero-order valence-corrected chi connectivity index (χ0v) is 16.4. The van der Waals surface area contributed by atoms with E-state index >= 15 is 0 Å². The third-order valence-electron chi connectivity index (χ3n) is 4.65. The van der Waals surface area contributed by atoms with Crippen LogP contribution in [-0.4, -0.2) is 36.7 Å². The van der Waals surface area contributed by atoms with E-state index in [9.17, 15) is 4.79 Å². The molecule has 0 saturated carbocycles. The van der Waals surface area contributed by atoms with Gasteiger partial charge in [0.05, 0.1) is 12.7 Å². The quantitative estimate of drug-likeness (QED) is 0.788. The molecule has 0 bridgehead atoms. The van der Waals surface area contributed by atoms with Crippen LogP contribution in [0.25, 0.3) is 0 Å². The summed E-state index contributed by atoms with van der Waals surface area (Å²) >= 11 is 5.88. The molecule has 27 heavy (non-hydrogen) atoms. The maximum atomic E-state index is 12.0. The molecule has 2 aromatic rings. The van der Waals surface area contributed by atoms with Gasteiger partial charge in [-0.15, -0.1) is 0 Å². The van der Waals surface area contributed by atoms with Crippen LogP contribution >= 0.6 is 11.6 Å². The highest BCUT2D eigenvalue weighted by molar-refractivity contribution is 6.30. The van der Waals surface area contributed by atoms with E-state index in [1.54, 1.807) is 0 Å². The molecule has 6 heteroatoms. The fraction of sp³-hybridized carbons (Fsp3) is 0.429. The molecule has 0 aliphatic carbocycles. The lowest BCUT2D eigenvalue weighted by atomic mass is 10.1. The largest absolute Gasteiger partial charge is 0.375 e. The first kappa shape index (κ1) is 19.6. The van der Waals surface area contributed by atoms with Crippen molar-refractivity contribution in [3.05, 3.63) is 58.7 Å². The van der Waals surface area contributed by atoms with Crippen LogP contribution in [0.3, 0.4) is 0 Å². The molecule has 1 aromatic carbocycles. The summed E-state index contributed by atoms with van der Waals surface area (Å²) in [6, 6.07) is 11.8. The van der Waals surface area contributed by atoms with E-state index in [2.05, 4.69) is 22.1 Å². The van der Waals surface area contributed by atoms with E-state index in [0.717, 1.165) is 48.9 Å². The van der Waals surface area contributed by atoms with Gasteiger partial charge in [0, 0.05) is 37.3 Å². The molecule has 1 aliphatic rings. The molecular formula is C21H26ClN3O2. The zero-order valence-electron chi connectivity index (χ0n) is 15.7. The van der Waals surface area contributed by atoms with Crippen molar-refractivity contribution in [2.45, 2.75) is 38.8 Å². The summed E-state index contributed by atoms with van der Waals surface area (Å²) in [6.45, 7) is 5.03. The monoisotopic (exact) mass is 387 g/mol. The first-order valence-electron chi connectivity index (χ1n) is 9.43. The Morgan fingerprint density at radius 1 is 1.26 bits per heavy atom. The highest BCUT2D eigenvalue weighted by Gasteiger charge is 2.17. The Bertz CT molecular complexity index is 734. The molecule has 1 N–H and O–H groups in total. The Hall–Kier alpha value is -2.11. The molecule has 0 unspecified atom stereocenters. The van der Waals surface area contributed by atoms with Crippen LogP contribution in [0.5, 0.6) is 0 Å². The van der Waals surface area contributed by atoms with Crippen molar-refractivity contribution in [2.75, 3.05) is 24.6 Å². The predicted molar refractivity (Wildman–Crippen MR) is 108 cm³/mol. The number of pyridine rings is 1. The predicted octanol–water partition coefficient (Wildman–Crippen LogP) is 3.60. The SMILES string of the molecule is C[C@H]1CN(c2ccc(CNC(=O)CCCc3ccc(Cl)cc3)cn2)CCO1. The second-order valence-corrected chi connectivity index (χ2v) is 7.35. The fourth-order valence-electron chi connectivity index (χ4n) is 3.13. The summed E-state index contributed by atoms with van der Waals surface area (Å²) in [5, 5.41) is 3.70. The van der Waals surface area contributed by atoms with Crippen LogP contribution in [0.4, 0.5) is 5.82 Å². The van der Waals surface area contributed by atoms with Crippen LogP contribution < -0.4 is 10.2 Å². The van der Waals surface area contributed by atoms with Crippen molar-refractivity contribution in [1.82, 2.24) is 10.3 Å². The standard InChI is InChI=1S/C21H26ClN3O2/c1-16-15-25(11-12-27-16)20-10-7-18(13-23-20)14-24-21(26)4-2-3-17-5-8-19(22)9-6-17/h5-10,13,16H,2-4,11-12,14-15H2,1H3,(H,24,26)/t16-/m0/s1. The lowest BCUT2D eigenvalue weighted by Crippen LogP contribution is -2.41. The third kappa shape index (κ3) is 6.22. The number of carbonyl (C=O) groups excluding carboxylic acids is 1. The fourth-order valence-corrected chi connectivity index (χ4v) is 3.25. The van der Waals surface area contributed by atoms with Crippen molar-refractivity contribution in [3.8, 4) is 0 Å². The molecule has 144 valence electrons.